The molecule has 1 heterocycles. The largest absolute Gasteiger partial charge is 0.487 e. The third kappa shape index (κ3) is 3.14. The molecule has 2 aromatic rings. The predicted octanol–water partition coefficient (Wildman–Crippen LogP) is 3.59. The van der Waals surface area contributed by atoms with Crippen LogP contribution in [0.5, 0.6) is 5.75 Å². The Hall–Kier alpha value is -1.68. The summed E-state index contributed by atoms with van der Waals surface area (Å²) in [4.78, 5) is 3.44. The summed E-state index contributed by atoms with van der Waals surface area (Å²) >= 11 is 5.55. The van der Waals surface area contributed by atoms with Crippen LogP contribution in [0.1, 0.15) is 5.56 Å². The SMILES string of the molecule is Fc1ccc(OCc2ccc(Cl)c(F)c2)cn1. The van der Waals surface area contributed by atoms with Crippen LogP contribution >= 0.6 is 11.6 Å². The highest BCUT2D eigenvalue weighted by Gasteiger charge is 2.02. The molecule has 0 saturated carbocycles. The molecule has 2 rings (SSSR count). The molecule has 1 aromatic heterocycles. The lowest BCUT2D eigenvalue weighted by Crippen LogP contribution is -1.97. The summed E-state index contributed by atoms with van der Waals surface area (Å²) in [6.07, 6.45) is 1.27. The first-order valence-corrected chi connectivity index (χ1v) is 5.21. The summed E-state index contributed by atoms with van der Waals surface area (Å²) < 4.78 is 30.9. The first-order chi connectivity index (χ1) is 8.15. The first kappa shape index (κ1) is 11.8. The van der Waals surface area contributed by atoms with Crippen LogP contribution in [-0.2, 0) is 6.61 Å². The first-order valence-electron chi connectivity index (χ1n) is 4.83. The van der Waals surface area contributed by atoms with Crippen molar-refractivity contribution in [3.8, 4) is 5.75 Å². The van der Waals surface area contributed by atoms with Crippen molar-refractivity contribution in [2.24, 2.45) is 0 Å². The minimum absolute atomic E-state index is 0.0669. The zero-order valence-electron chi connectivity index (χ0n) is 8.66. The van der Waals surface area contributed by atoms with E-state index in [4.69, 9.17) is 16.3 Å². The van der Waals surface area contributed by atoms with Crippen molar-refractivity contribution < 1.29 is 13.5 Å². The fourth-order valence-electron chi connectivity index (χ4n) is 1.24. The average molecular weight is 256 g/mol. The molecule has 0 spiro atoms. The van der Waals surface area contributed by atoms with Crippen molar-refractivity contribution in [1.82, 2.24) is 4.98 Å². The highest BCUT2D eigenvalue weighted by Crippen LogP contribution is 2.17. The van der Waals surface area contributed by atoms with Gasteiger partial charge in [-0.25, -0.2) is 9.37 Å². The van der Waals surface area contributed by atoms with Crippen LogP contribution in [0.4, 0.5) is 8.78 Å². The fraction of sp³-hybridized carbons (Fsp3) is 0.0833. The number of hydrogen-bond acceptors (Lipinski definition) is 2. The predicted molar refractivity (Wildman–Crippen MR) is 59.9 cm³/mol. The van der Waals surface area contributed by atoms with Crippen LogP contribution in [0.15, 0.2) is 36.5 Å². The number of benzene rings is 1. The molecule has 0 unspecified atom stereocenters. The highest BCUT2D eigenvalue weighted by molar-refractivity contribution is 6.30. The van der Waals surface area contributed by atoms with Crippen molar-refractivity contribution >= 4 is 11.6 Å². The maximum absolute atomic E-state index is 13.1. The lowest BCUT2D eigenvalue weighted by molar-refractivity contribution is 0.303. The van der Waals surface area contributed by atoms with Crippen LogP contribution in [0.2, 0.25) is 5.02 Å². The van der Waals surface area contributed by atoms with Gasteiger partial charge in [0.2, 0.25) is 5.95 Å². The molecule has 17 heavy (non-hydrogen) atoms. The molecule has 2 nitrogen and oxygen atoms in total. The second kappa shape index (κ2) is 5.10. The molecule has 0 aliphatic carbocycles. The molecule has 0 fully saturated rings. The van der Waals surface area contributed by atoms with E-state index in [0.29, 0.717) is 11.3 Å². The topological polar surface area (TPSA) is 22.1 Å². The van der Waals surface area contributed by atoms with E-state index in [-0.39, 0.29) is 11.6 Å². The van der Waals surface area contributed by atoms with Gasteiger partial charge in [0.05, 0.1) is 11.2 Å². The maximum Gasteiger partial charge on any atom is 0.213 e. The monoisotopic (exact) mass is 255 g/mol. The Morgan fingerprint density at radius 2 is 2.00 bits per heavy atom. The van der Waals surface area contributed by atoms with Gasteiger partial charge in [-0.3, -0.25) is 0 Å². The number of aromatic nitrogens is 1. The minimum Gasteiger partial charge on any atom is -0.487 e. The molecule has 0 N–H and O–H groups in total. The Morgan fingerprint density at radius 3 is 2.65 bits per heavy atom. The smallest absolute Gasteiger partial charge is 0.213 e. The van der Waals surface area contributed by atoms with Gasteiger partial charge in [-0.1, -0.05) is 17.7 Å². The van der Waals surface area contributed by atoms with Gasteiger partial charge in [0.1, 0.15) is 18.2 Å². The molecule has 0 amide bonds. The standard InChI is InChI=1S/C12H8ClF2NO/c13-10-3-1-8(5-11(10)14)7-17-9-2-4-12(15)16-6-9/h1-6H,7H2. The number of pyridine rings is 1. The Balaban J connectivity index is 2.02. The molecule has 0 radical (unpaired) electrons. The van der Waals surface area contributed by atoms with Crippen LogP contribution in [0.3, 0.4) is 0 Å². The van der Waals surface area contributed by atoms with Crippen molar-refractivity contribution in [3.63, 3.8) is 0 Å². The van der Waals surface area contributed by atoms with Gasteiger partial charge in [-0.05, 0) is 29.8 Å². The van der Waals surface area contributed by atoms with Crippen molar-refractivity contribution in [2.75, 3.05) is 0 Å². The van der Waals surface area contributed by atoms with E-state index >= 15 is 0 Å². The van der Waals surface area contributed by atoms with E-state index in [1.165, 1.54) is 30.5 Å². The number of rotatable bonds is 3. The number of hydrogen-bond donors (Lipinski definition) is 0. The molecule has 5 heteroatoms. The molecule has 88 valence electrons. The summed E-state index contributed by atoms with van der Waals surface area (Å²) in [5.41, 5.74) is 0.635. The fourth-order valence-corrected chi connectivity index (χ4v) is 1.36. The Morgan fingerprint density at radius 1 is 1.18 bits per heavy atom. The summed E-state index contributed by atoms with van der Waals surface area (Å²) in [6, 6.07) is 7.05. The van der Waals surface area contributed by atoms with E-state index in [1.807, 2.05) is 0 Å². The summed E-state index contributed by atoms with van der Waals surface area (Å²) in [5, 5.41) is 0.0669. The van der Waals surface area contributed by atoms with E-state index in [0.717, 1.165) is 0 Å². The van der Waals surface area contributed by atoms with Gasteiger partial charge in [0.15, 0.2) is 0 Å². The Bertz CT molecular complexity index is 516. The van der Waals surface area contributed by atoms with Gasteiger partial charge in [0, 0.05) is 0 Å². The second-order valence-corrected chi connectivity index (χ2v) is 3.76. The molecular weight excluding hydrogens is 248 g/mol. The average Bonchev–Trinajstić information content (AvgIpc) is 2.33. The molecule has 0 saturated heterocycles. The van der Waals surface area contributed by atoms with Gasteiger partial charge in [-0.15, -0.1) is 0 Å². The molecule has 0 aliphatic heterocycles. The third-order valence-electron chi connectivity index (χ3n) is 2.09. The zero-order chi connectivity index (χ0) is 12.3. The molecule has 0 aliphatic rings. The zero-order valence-corrected chi connectivity index (χ0v) is 9.42. The van der Waals surface area contributed by atoms with Crippen LogP contribution in [-0.4, -0.2) is 4.98 Å². The summed E-state index contributed by atoms with van der Waals surface area (Å²) in [5.74, 6) is -0.651. The van der Waals surface area contributed by atoms with Crippen LogP contribution in [0.25, 0.3) is 0 Å². The quantitative estimate of drug-likeness (QED) is 0.782. The number of nitrogens with zero attached hydrogens (tertiary/aromatic N) is 1. The second-order valence-electron chi connectivity index (χ2n) is 3.35. The van der Waals surface area contributed by atoms with Gasteiger partial charge >= 0.3 is 0 Å². The third-order valence-corrected chi connectivity index (χ3v) is 2.40. The maximum atomic E-state index is 13.1. The Kier molecular flexibility index (Phi) is 3.54. The number of halogens is 3. The van der Waals surface area contributed by atoms with E-state index < -0.39 is 11.8 Å². The molecule has 0 bridgehead atoms. The minimum atomic E-state index is -0.574. The van der Waals surface area contributed by atoms with Gasteiger partial charge in [-0.2, -0.15) is 4.39 Å². The normalized spacial score (nSPS) is 10.3. The highest BCUT2D eigenvalue weighted by atomic mass is 35.5. The van der Waals surface area contributed by atoms with Crippen LogP contribution in [0, 0.1) is 11.8 Å². The lowest BCUT2D eigenvalue weighted by Gasteiger charge is -2.06. The molecule has 1 aromatic carbocycles. The van der Waals surface area contributed by atoms with Crippen molar-refractivity contribution in [3.05, 3.63) is 58.9 Å². The van der Waals surface area contributed by atoms with Gasteiger partial charge < -0.3 is 4.74 Å². The summed E-state index contributed by atoms with van der Waals surface area (Å²) in [6.45, 7) is 0.168. The van der Waals surface area contributed by atoms with E-state index in [1.54, 1.807) is 6.07 Å². The molecular formula is C12H8ClF2NO. The molecule has 0 atom stereocenters. The van der Waals surface area contributed by atoms with E-state index in [2.05, 4.69) is 4.98 Å². The van der Waals surface area contributed by atoms with Gasteiger partial charge in [0.25, 0.3) is 0 Å². The van der Waals surface area contributed by atoms with Crippen LogP contribution < -0.4 is 4.74 Å². The van der Waals surface area contributed by atoms with Crippen molar-refractivity contribution in [1.29, 1.82) is 0 Å². The Labute approximate surface area is 102 Å². The summed E-state index contributed by atoms with van der Waals surface area (Å²) in [7, 11) is 0. The van der Waals surface area contributed by atoms with Crippen molar-refractivity contribution in [2.45, 2.75) is 6.61 Å². The van der Waals surface area contributed by atoms with E-state index in [9.17, 15) is 8.78 Å². The number of ether oxygens (including phenoxy) is 1. The lowest BCUT2D eigenvalue weighted by atomic mass is 10.2.